The van der Waals surface area contributed by atoms with E-state index in [4.69, 9.17) is 16.9 Å². The first kappa shape index (κ1) is 10.8. The minimum atomic E-state index is 0.350. The van der Waals surface area contributed by atoms with E-state index in [-0.39, 0.29) is 0 Å². The van der Waals surface area contributed by atoms with Crippen LogP contribution in [0.2, 0.25) is 5.02 Å². The minimum absolute atomic E-state index is 0.350. The van der Waals surface area contributed by atoms with Gasteiger partial charge in [0, 0.05) is 24.2 Å². The Bertz CT molecular complexity index is 770. The molecule has 0 spiro atoms. The van der Waals surface area contributed by atoms with Crippen LogP contribution in [0, 0.1) is 11.3 Å². The maximum absolute atomic E-state index is 8.87. The molecule has 3 rings (SSSR count). The maximum Gasteiger partial charge on any atom is 0.141 e. The molecule has 0 unspecified atom stereocenters. The predicted octanol–water partition coefficient (Wildman–Crippen LogP) is 2.92. The van der Waals surface area contributed by atoms with Crippen molar-refractivity contribution in [3.05, 3.63) is 53.6 Å². The number of nitriles is 1. The van der Waals surface area contributed by atoms with E-state index in [1.807, 2.05) is 30.5 Å². The number of nitrogens with zero attached hydrogens (tertiary/aromatic N) is 4. The lowest BCUT2D eigenvalue weighted by atomic mass is 10.1. The molecule has 0 aliphatic heterocycles. The largest absolute Gasteiger partial charge is 0.244 e. The predicted molar refractivity (Wildman–Crippen MR) is 68.1 cm³/mol. The number of pyridine rings is 2. The maximum atomic E-state index is 8.87. The van der Waals surface area contributed by atoms with E-state index in [2.05, 4.69) is 10.1 Å². The Kier molecular flexibility index (Phi) is 2.47. The first-order valence-corrected chi connectivity index (χ1v) is 5.65. The third-order valence-corrected chi connectivity index (χ3v) is 2.98. The molecule has 0 amide bonds. The average molecular weight is 255 g/mol. The van der Waals surface area contributed by atoms with Crippen molar-refractivity contribution >= 4 is 17.1 Å². The third-order valence-electron chi connectivity index (χ3n) is 2.68. The topological polar surface area (TPSA) is 54.0 Å². The molecule has 3 aromatic rings. The van der Waals surface area contributed by atoms with Gasteiger partial charge in [-0.15, -0.1) is 0 Å². The van der Waals surface area contributed by atoms with Crippen LogP contribution < -0.4 is 0 Å². The molecule has 18 heavy (non-hydrogen) atoms. The van der Waals surface area contributed by atoms with Crippen molar-refractivity contribution in [3.63, 3.8) is 0 Å². The average Bonchev–Trinajstić information content (AvgIpc) is 2.86. The first-order valence-electron chi connectivity index (χ1n) is 5.27. The van der Waals surface area contributed by atoms with Crippen LogP contribution in [0.1, 0.15) is 5.69 Å². The van der Waals surface area contributed by atoms with Crippen LogP contribution in [0.3, 0.4) is 0 Å². The quantitative estimate of drug-likeness (QED) is 0.671. The van der Waals surface area contributed by atoms with Gasteiger partial charge in [-0.3, -0.25) is 0 Å². The standard InChI is InChI=1S/C13H7ClN4/c14-13-8-16-10(7-15)6-12(13)9-2-4-18-11(5-9)1-3-17-18/h1-6,8H. The van der Waals surface area contributed by atoms with Gasteiger partial charge in [-0.25, -0.2) is 9.50 Å². The Morgan fingerprint density at radius 3 is 3.00 bits per heavy atom. The van der Waals surface area contributed by atoms with Crippen molar-refractivity contribution in [2.75, 3.05) is 0 Å². The summed E-state index contributed by atoms with van der Waals surface area (Å²) in [6, 6.07) is 9.47. The van der Waals surface area contributed by atoms with Crippen molar-refractivity contribution in [3.8, 4) is 17.2 Å². The smallest absolute Gasteiger partial charge is 0.141 e. The molecule has 0 aliphatic rings. The van der Waals surface area contributed by atoms with E-state index in [1.54, 1.807) is 16.8 Å². The van der Waals surface area contributed by atoms with Crippen LogP contribution in [-0.2, 0) is 0 Å². The molecule has 5 heteroatoms. The third kappa shape index (κ3) is 1.71. The van der Waals surface area contributed by atoms with Gasteiger partial charge in [0.25, 0.3) is 0 Å². The number of aromatic nitrogens is 3. The summed E-state index contributed by atoms with van der Waals surface area (Å²) in [4.78, 5) is 3.92. The second-order valence-electron chi connectivity index (χ2n) is 3.78. The molecule has 3 aromatic heterocycles. The highest BCUT2D eigenvalue weighted by Crippen LogP contribution is 2.28. The van der Waals surface area contributed by atoms with E-state index >= 15 is 0 Å². The zero-order chi connectivity index (χ0) is 12.5. The summed E-state index contributed by atoms with van der Waals surface area (Å²) in [7, 11) is 0. The van der Waals surface area contributed by atoms with Gasteiger partial charge >= 0.3 is 0 Å². The molecule has 0 fully saturated rings. The fraction of sp³-hybridized carbons (Fsp3) is 0. The van der Waals surface area contributed by atoms with Gasteiger partial charge in [-0.1, -0.05) is 11.6 Å². The summed E-state index contributed by atoms with van der Waals surface area (Å²) in [5.41, 5.74) is 3.06. The van der Waals surface area contributed by atoms with Gasteiger partial charge in [0.2, 0.25) is 0 Å². The molecule has 3 heterocycles. The zero-order valence-corrected chi connectivity index (χ0v) is 9.96. The van der Waals surface area contributed by atoms with Crippen LogP contribution in [0.15, 0.2) is 42.9 Å². The summed E-state index contributed by atoms with van der Waals surface area (Å²) in [5.74, 6) is 0. The summed E-state index contributed by atoms with van der Waals surface area (Å²) < 4.78 is 1.77. The van der Waals surface area contributed by atoms with Gasteiger partial charge in [0.05, 0.1) is 10.5 Å². The summed E-state index contributed by atoms with van der Waals surface area (Å²) in [6.45, 7) is 0. The van der Waals surface area contributed by atoms with Crippen LogP contribution in [-0.4, -0.2) is 14.6 Å². The lowest BCUT2D eigenvalue weighted by Crippen LogP contribution is -1.89. The van der Waals surface area contributed by atoms with Crippen molar-refractivity contribution < 1.29 is 0 Å². The van der Waals surface area contributed by atoms with E-state index in [9.17, 15) is 0 Å². The summed E-state index contributed by atoms with van der Waals surface area (Å²) >= 11 is 6.12. The number of hydrogen-bond donors (Lipinski definition) is 0. The van der Waals surface area contributed by atoms with Crippen LogP contribution in [0.5, 0.6) is 0 Å². The van der Waals surface area contributed by atoms with E-state index in [0.717, 1.165) is 16.6 Å². The summed E-state index contributed by atoms with van der Waals surface area (Å²) in [6.07, 6.45) is 5.08. The lowest BCUT2D eigenvalue weighted by Gasteiger charge is -2.05. The van der Waals surface area contributed by atoms with E-state index in [1.165, 1.54) is 6.20 Å². The number of hydrogen-bond acceptors (Lipinski definition) is 3. The first-order chi connectivity index (χ1) is 8.78. The molecule has 4 nitrogen and oxygen atoms in total. The monoisotopic (exact) mass is 254 g/mol. The summed E-state index contributed by atoms with van der Waals surface area (Å²) in [5, 5.41) is 13.5. The second-order valence-corrected chi connectivity index (χ2v) is 4.18. The molecule has 0 aromatic carbocycles. The Balaban J connectivity index is 2.22. The Labute approximate surface area is 108 Å². The molecule has 0 aliphatic carbocycles. The Morgan fingerprint density at radius 2 is 2.17 bits per heavy atom. The highest BCUT2D eigenvalue weighted by Gasteiger charge is 2.07. The molecule has 0 atom stereocenters. The van der Waals surface area contributed by atoms with Crippen molar-refractivity contribution in [2.45, 2.75) is 0 Å². The fourth-order valence-corrected chi connectivity index (χ4v) is 2.02. The van der Waals surface area contributed by atoms with Gasteiger partial charge in [-0.2, -0.15) is 10.4 Å². The zero-order valence-electron chi connectivity index (χ0n) is 9.21. The fourth-order valence-electron chi connectivity index (χ4n) is 1.81. The molecule has 0 bridgehead atoms. The van der Waals surface area contributed by atoms with E-state index < -0.39 is 0 Å². The molecule has 0 saturated carbocycles. The second kappa shape index (κ2) is 4.13. The van der Waals surface area contributed by atoms with Crippen LogP contribution in [0.4, 0.5) is 0 Å². The molecule has 0 saturated heterocycles. The lowest BCUT2D eigenvalue weighted by molar-refractivity contribution is 0.962. The Morgan fingerprint density at radius 1 is 1.28 bits per heavy atom. The van der Waals surface area contributed by atoms with Crippen molar-refractivity contribution in [2.24, 2.45) is 0 Å². The van der Waals surface area contributed by atoms with Gasteiger partial charge in [0.15, 0.2) is 0 Å². The van der Waals surface area contributed by atoms with Crippen LogP contribution in [0.25, 0.3) is 16.6 Å². The van der Waals surface area contributed by atoms with Crippen molar-refractivity contribution in [1.82, 2.24) is 14.6 Å². The van der Waals surface area contributed by atoms with E-state index in [0.29, 0.717) is 10.7 Å². The molecular weight excluding hydrogens is 248 g/mol. The molecule has 0 radical (unpaired) electrons. The number of rotatable bonds is 1. The number of halogens is 1. The normalized spacial score (nSPS) is 10.4. The molecule has 0 N–H and O–H groups in total. The molecular formula is C13H7ClN4. The minimum Gasteiger partial charge on any atom is -0.244 e. The SMILES string of the molecule is N#Cc1cc(-c2ccn3nccc3c2)c(Cl)cn1. The van der Waals surface area contributed by atoms with Crippen molar-refractivity contribution in [1.29, 1.82) is 5.26 Å². The highest BCUT2D eigenvalue weighted by molar-refractivity contribution is 6.33. The molecule has 86 valence electrons. The van der Waals surface area contributed by atoms with Gasteiger partial charge in [-0.05, 0) is 29.8 Å². The van der Waals surface area contributed by atoms with Gasteiger partial charge in [0.1, 0.15) is 11.8 Å². The highest BCUT2D eigenvalue weighted by atomic mass is 35.5. The van der Waals surface area contributed by atoms with Gasteiger partial charge < -0.3 is 0 Å². The van der Waals surface area contributed by atoms with Crippen LogP contribution >= 0.6 is 11.6 Å². The number of fused-ring (bicyclic) bond motifs is 1. The Hall–Kier alpha value is -2.38.